The molecule has 60 valence electrons. The van der Waals surface area contributed by atoms with Gasteiger partial charge in [-0.1, -0.05) is 0 Å². The third-order valence-electron chi connectivity index (χ3n) is 1.23. The summed E-state index contributed by atoms with van der Waals surface area (Å²) in [4.78, 5) is 11.8. The SMILES string of the molecule is CN(C)CCCC(F)C=O. The summed E-state index contributed by atoms with van der Waals surface area (Å²) in [5.41, 5.74) is 0. The average Bonchev–Trinajstić information content (AvgIpc) is 1.87. The van der Waals surface area contributed by atoms with Crippen LogP contribution in [-0.2, 0) is 4.79 Å². The Morgan fingerprint density at radius 2 is 2.20 bits per heavy atom. The van der Waals surface area contributed by atoms with Gasteiger partial charge >= 0.3 is 0 Å². The Bertz CT molecular complexity index is 95.6. The van der Waals surface area contributed by atoms with E-state index in [1.165, 1.54) is 0 Å². The van der Waals surface area contributed by atoms with E-state index in [1.54, 1.807) is 0 Å². The summed E-state index contributed by atoms with van der Waals surface area (Å²) in [7, 11) is 3.85. The molecule has 0 saturated carbocycles. The molecule has 0 aromatic rings. The molecule has 0 radical (unpaired) electrons. The summed E-state index contributed by atoms with van der Waals surface area (Å²) in [5, 5.41) is 0. The topological polar surface area (TPSA) is 20.3 Å². The third-order valence-corrected chi connectivity index (χ3v) is 1.23. The van der Waals surface area contributed by atoms with Gasteiger partial charge in [-0.05, 0) is 33.5 Å². The van der Waals surface area contributed by atoms with E-state index < -0.39 is 6.17 Å². The normalized spacial score (nSPS) is 13.6. The van der Waals surface area contributed by atoms with E-state index in [9.17, 15) is 9.18 Å². The van der Waals surface area contributed by atoms with Crippen LogP contribution in [0.3, 0.4) is 0 Å². The number of carbonyl (C=O) groups is 1. The molecule has 0 aliphatic heterocycles. The maximum Gasteiger partial charge on any atom is 0.155 e. The van der Waals surface area contributed by atoms with Gasteiger partial charge in [0.1, 0.15) is 0 Å². The Kier molecular flexibility index (Phi) is 5.12. The number of rotatable bonds is 5. The van der Waals surface area contributed by atoms with Gasteiger partial charge in [0.15, 0.2) is 12.5 Å². The molecule has 2 nitrogen and oxygen atoms in total. The van der Waals surface area contributed by atoms with Gasteiger partial charge in [-0.15, -0.1) is 0 Å². The van der Waals surface area contributed by atoms with Crippen LogP contribution in [0.25, 0.3) is 0 Å². The van der Waals surface area contributed by atoms with E-state index in [-0.39, 0.29) is 0 Å². The summed E-state index contributed by atoms with van der Waals surface area (Å²) in [6.45, 7) is 0.842. The van der Waals surface area contributed by atoms with Crippen LogP contribution in [-0.4, -0.2) is 38.0 Å². The molecule has 0 heterocycles. The largest absolute Gasteiger partial charge is 0.309 e. The van der Waals surface area contributed by atoms with Crippen LogP contribution >= 0.6 is 0 Å². The van der Waals surface area contributed by atoms with Crippen LogP contribution in [0.4, 0.5) is 4.39 Å². The zero-order valence-corrected chi connectivity index (χ0v) is 6.51. The number of alkyl halides is 1. The molecule has 0 aliphatic rings. The van der Waals surface area contributed by atoms with Crippen molar-refractivity contribution >= 4 is 6.29 Å². The van der Waals surface area contributed by atoms with Gasteiger partial charge in [-0.3, -0.25) is 0 Å². The van der Waals surface area contributed by atoms with Crippen molar-refractivity contribution in [3.8, 4) is 0 Å². The monoisotopic (exact) mass is 147 g/mol. The minimum Gasteiger partial charge on any atom is -0.309 e. The van der Waals surface area contributed by atoms with Crippen molar-refractivity contribution in [2.75, 3.05) is 20.6 Å². The molecular formula is C7H14FNO. The van der Waals surface area contributed by atoms with E-state index in [0.29, 0.717) is 12.7 Å². The predicted octanol–water partition coefficient (Wildman–Crippen LogP) is 0.865. The lowest BCUT2D eigenvalue weighted by molar-refractivity contribution is -0.112. The molecule has 0 aliphatic carbocycles. The number of hydrogen-bond donors (Lipinski definition) is 0. The molecule has 0 spiro atoms. The van der Waals surface area contributed by atoms with Crippen molar-refractivity contribution in [1.82, 2.24) is 4.90 Å². The van der Waals surface area contributed by atoms with Crippen LogP contribution in [0, 0.1) is 0 Å². The number of hydrogen-bond acceptors (Lipinski definition) is 2. The second kappa shape index (κ2) is 5.35. The Morgan fingerprint density at radius 3 is 2.60 bits per heavy atom. The molecule has 0 fully saturated rings. The summed E-state index contributed by atoms with van der Waals surface area (Å²) in [6.07, 6.45) is 0.185. The average molecular weight is 147 g/mol. The third kappa shape index (κ3) is 5.69. The molecule has 0 N–H and O–H groups in total. The Hall–Kier alpha value is -0.440. The maximum atomic E-state index is 12.2. The summed E-state index contributed by atoms with van der Waals surface area (Å²) >= 11 is 0. The summed E-state index contributed by atoms with van der Waals surface area (Å²) in [5.74, 6) is 0. The van der Waals surface area contributed by atoms with Gasteiger partial charge in [0.25, 0.3) is 0 Å². The van der Waals surface area contributed by atoms with Gasteiger partial charge in [-0.25, -0.2) is 4.39 Å². The van der Waals surface area contributed by atoms with Crippen molar-refractivity contribution in [3.63, 3.8) is 0 Å². The highest BCUT2D eigenvalue weighted by Crippen LogP contribution is 1.98. The van der Waals surface area contributed by atoms with Gasteiger partial charge in [0.2, 0.25) is 0 Å². The molecule has 3 heteroatoms. The number of carbonyl (C=O) groups excluding carboxylic acids is 1. The van der Waals surface area contributed by atoms with E-state index in [0.717, 1.165) is 13.0 Å². The van der Waals surface area contributed by atoms with E-state index in [4.69, 9.17) is 0 Å². The van der Waals surface area contributed by atoms with Gasteiger partial charge in [-0.2, -0.15) is 0 Å². The molecule has 0 rings (SSSR count). The van der Waals surface area contributed by atoms with Crippen molar-refractivity contribution in [1.29, 1.82) is 0 Å². The zero-order valence-electron chi connectivity index (χ0n) is 6.51. The van der Waals surface area contributed by atoms with Crippen molar-refractivity contribution in [2.45, 2.75) is 19.0 Å². The molecule has 0 saturated heterocycles. The Morgan fingerprint density at radius 1 is 1.60 bits per heavy atom. The first kappa shape index (κ1) is 9.56. The molecule has 1 unspecified atom stereocenters. The fraction of sp³-hybridized carbons (Fsp3) is 0.857. The summed E-state index contributed by atoms with van der Waals surface area (Å²) in [6, 6.07) is 0. The molecule has 0 amide bonds. The number of aldehydes is 1. The van der Waals surface area contributed by atoms with Crippen LogP contribution in [0.15, 0.2) is 0 Å². The summed E-state index contributed by atoms with van der Waals surface area (Å²) < 4.78 is 12.2. The molecule has 10 heavy (non-hydrogen) atoms. The minimum atomic E-state index is -1.26. The second-order valence-corrected chi connectivity index (χ2v) is 2.60. The predicted molar refractivity (Wildman–Crippen MR) is 38.7 cm³/mol. The van der Waals surface area contributed by atoms with Gasteiger partial charge < -0.3 is 9.69 Å². The first-order chi connectivity index (χ1) is 4.66. The highest BCUT2D eigenvalue weighted by atomic mass is 19.1. The quantitative estimate of drug-likeness (QED) is 0.538. The maximum absolute atomic E-state index is 12.2. The molecule has 0 aromatic carbocycles. The zero-order chi connectivity index (χ0) is 7.98. The van der Waals surface area contributed by atoms with Gasteiger partial charge in [0.05, 0.1) is 0 Å². The first-order valence-corrected chi connectivity index (χ1v) is 3.41. The lowest BCUT2D eigenvalue weighted by atomic mass is 10.2. The van der Waals surface area contributed by atoms with E-state index in [1.807, 2.05) is 19.0 Å². The van der Waals surface area contributed by atoms with Crippen molar-refractivity contribution in [3.05, 3.63) is 0 Å². The molecule has 0 bridgehead atoms. The highest BCUT2D eigenvalue weighted by molar-refractivity contribution is 5.55. The fourth-order valence-electron chi connectivity index (χ4n) is 0.671. The lowest BCUT2D eigenvalue weighted by Crippen LogP contribution is -2.14. The standard InChI is InChI=1S/C7H14FNO/c1-9(2)5-3-4-7(8)6-10/h6-7H,3-5H2,1-2H3. The lowest BCUT2D eigenvalue weighted by Gasteiger charge is -2.08. The van der Waals surface area contributed by atoms with Crippen LogP contribution in [0.2, 0.25) is 0 Å². The number of nitrogens with zero attached hydrogens (tertiary/aromatic N) is 1. The van der Waals surface area contributed by atoms with Gasteiger partial charge in [0, 0.05) is 0 Å². The van der Waals surface area contributed by atoms with Crippen LogP contribution < -0.4 is 0 Å². The Labute approximate surface area is 61.0 Å². The molecule has 0 aromatic heterocycles. The smallest absolute Gasteiger partial charge is 0.155 e. The van der Waals surface area contributed by atoms with Crippen LogP contribution in [0.1, 0.15) is 12.8 Å². The fourth-order valence-corrected chi connectivity index (χ4v) is 0.671. The van der Waals surface area contributed by atoms with E-state index in [2.05, 4.69) is 0 Å². The van der Waals surface area contributed by atoms with Crippen LogP contribution in [0.5, 0.6) is 0 Å². The minimum absolute atomic E-state index is 0.349. The second-order valence-electron chi connectivity index (χ2n) is 2.60. The van der Waals surface area contributed by atoms with E-state index >= 15 is 0 Å². The molecule has 1 atom stereocenters. The van der Waals surface area contributed by atoms with Crippen molar-refractivity contribution in [2.24, 2.45) is 0 Å². The Balaban J connectivity index is 3.11. The molecular weight excluding hydrogens is 133 g/mol. The highest BCUT2D eigenvalue weighted by Gasteiger charge is 2.02. The number of halogens is 1. The van der Waals surface area contributed by atoms with Crippen molar-refractivity contribution < 1.29 is 9.18 Å². The first-order valence-electron chi connectivity index (χ1n) is 3.41.